The first kappa shape index (κ1) is 13.0. The van der Waals surface area contributed by atoms with Crippen molar-refractivity contribution in [2.45, 2.75) is 0 Å². The molecule has 0 amide bonds. The van der Waals surface area contributed by atoms with Crippen LogP contribution < -0.4 is 4.74 Å². The average molecular weight is 283 g/mol. The van der Waals surface area contributed by atoms with Crippen molar-refractivity contribution in [2.75, 3.05) is 7.11 Å². The van der Waals surface area contributed by atoms with Crippen molar-refractivity contribution in [3.63, 3.8) is 0 Å². The SMILES string of the molecule is COc1ccc(-n2ncc(-c3ccc(O)c(O)c3)n2)cc1. The second-order valence-electron chi connectivity index (χ2n) is 4.42. The van der Waals surface area contributed by atoms with Crippen molar-refractivity contribution in [3.8, 4) is 34.2 Å². The lowest BCUT2D eigenvalue weighted by Gasteiger charge is -2.02. The van der Waals surface area contributed by atoms with Crippen molar-refractivity contribution in [1.29, 1.82) is 0 Å². The highest BCUT2D eigenvalue weighted by atomic mass is 16.5. The van der Waals surface area contributed by atoms with Gasteiger partial charge >= 0.3 is 0 Å². The Bertz CT molecular complexity index is 766. The van der Waals surface area contributed by atoms with Gasteiger partial charge in [0.1, 0.15) is 11.4 Å². The van der Waals surface area contributed by atoms with E-state index in [1.807, 2.05) is 24.3 Å². The van der Waals surface area contributed by atoms with E-state index in [9.17, 15) is 10.2 Å². The zero-order chi connectivity index (χ0) is 14.8. The van der Waals surface area contributed by atoms with Gasteiger partial charge in [-0.3, -0.25) is 0 Å². The Kier molecular flexibility index (Phi) is 3.19. The van der Waals surface area contributed by atoms with Gasteiger partial charge in [-0.25, -0.2) is 0 Å². The van der Waals surface area contributed by atoms with Crippen molar-refractivity contribution < 1.29 is 14.9 Å². The third-order valence-corrected chi connectivity index (χ3v) is 3.07. The minimum Gasteiger partial charge on any atom is -0.504 e. The Morgan fingerprint density at radius 3 is 2.43 bits per heavy atom. The maximum absolute atomic E-state index is 9.52. The number of benzene rings is 2. The lowest BCUT2D eigenvalue weighted by Crippen LogP contribution is -1.98. The fourth-order valence-corrected chi connectivity index (χ4v) is 1.92. The number of methoxy groups -OCH3 is 1. The van der Waals surface area contributed by atoms with Crippen LogP contribution >= 0.6 is 0 Å². The molecular formula is C15H13N3O3. The van der Waals surface area contributed by atoms with E-state index in [2.05, 4.69) is 10.2 Å². The summed E-state index contributed by atoms with van der Waals surface area (Å²) in [6, 6.07) is 11.9. The molecule has 0 fully saturated rings. The Morgan fingerprint density at radius 1 is 1.00 bits per heavy atom. The normalized spacial score (nSPS) is 10.5. The summed E-state index contributed by atoms with van der Waals surface area (Å²) in [6.07, 6.45) is 1.59. The molecular weight excluding hydrogens is 270 g/mol. The van der Waals surface area contributed by atoms with E-state index in [0.717, 1.165) is 11.4 Å². The van der Waals surface area contributed by atoms with Gasteiger partial charge in [-0.05, 0) is 42.5 Å². The number of phenolic OH excluding ortho intramolecular Hbond substituents is 2. The smallest absolute Gasteiger partial charge is 0.158 e. The van der Waals surface area contributed by atoms with Crippen molar-refractivity contribution in [2.24, 2.45) is 0 Å². The van der Waals surface area contributed by atoms with Crippen LogP contribution in [0.3, 0.4) is 0 Å². The van der Waals surface area contributed by atoms with Crippen molar-refractivity contribution in [1.82, 2.24) is 15.0 Å². The van der Waals surface area contributed by atoms with Crippen LogP contribution in [0.4, 0.5) is 0 Å². The van der Waals surface area contributed by atoms with Gasteiger partial charge in [-0.1, -0.05) is 0 Å². The standard InChI is InChI=1S/C15H13N3O3/c1-21-12-5-3-11(4-6-12)18-16-9-13(17-18)10-2-7-14(19)15(20)8-10/h2-9,19-20H,1H3. The van der Waals surface area contributed by atoms with Crippen LogP contribution in [0.2, 0.25) is 0 Å². The first-order valence-electron chi connectivity index (χ1n) is 6.26. The fourth-order valence-electron chi connectivity index (χ4n) is 1.92. The van der Waals surface area contributed by atoms with Gasteiger partial charge in [0.05, 0.1) is 19.0 Å². The van der Waals surface area contributed by atoms with Gasteiger partial charge in [0, 0.05) is 5.56 Å². The quantitative estimate of drug-likeness (QED) is 0.721. The summed E-state index contributed by atoms with van der Waals surface area (Å²) in [4.78, 5) is 1.48. The molecule has 1 heterocycles. The summed E-state index contributed by atoms with van der Waals surface area (Å²) in [6.45, 7) is 0. The fraction of sp³-hybridized carbons (Fsp3) is 0.0667. The number of nitrogens with zero attached hydrogens (tertiary/aromatic N) is 3. The molecule has 0 bridgehead atoms. The molecule has 0 atom stereocenters. The molecule has 3 rings (SSSR count). The highest BCUT2D eigenvalue weighted by Gasteiger charge is 2.08. The molecule has 0 aliphatic rings. The zero-order valence-electron chi connectivity index (χ0n) is 11.3. The summed E-state index contributed by atoms with van der Waals surface area (Å²) >= 11 is 0. The zero-order valence-corrected chi connectivity index (χ0v) is 11.3. The minimum atomic E-state index is -0.188. The largest absolute Gasteiger partial charge is 0.504 e. The molecule has 2 N–H and O–H groups in total. The third-order valence-electron chi connectivity index (χ3n) is 3.07. The number of rotatable bonds is 3. The maximum atomic E-state index is 9.52. The van der Waals surface area contributed by atoms with E-state index < -0.39 is 0 Å². The summed E-state index contributed by atoms with van der Waals surface area (Å²) in [7, 11) is 1.61. The van der Waals surface area contributed by atoms with Crippen LogP contribution in [0.5, 0.6) is 17.2 Å². The van der Waals surface area contributed by atoms with Gasteiger partial charge in [-0.15, -0.1) is 5.10 Å². The maximum Gasteiger partial charge on any atom is 0.158 e. The molecule has 0 unspecified atom stereocenters. The Balaban J connectivity index is 1.93. The van der Waals surface area contributed by atoms with Crippen LogP contribution in [0.15, 0.2) is 48.7 Å². The molecule has 2 aromatic carbocycles. The summed E-state index contributed by atoms with van der Waals surface area (Å²) in [5, 5.41) is 27.4. The lowest BCUT2D eigenvalue weighted by molar-refractivity contribution is 0.404. The molecule has 1 aromatic heterocycles. The van der Waals surface area contributed by atoms with Crippen molar-refractivity contribution in [3.05, 3.63) is 48.7 Å². The van der Waals surface area contributed by atoms with Gasteiger partial charge in [-0.2, -0.15) is 9.90 Å². The van der Waals surface area contributed by atoms with Crippen LogP contribution in [0, 0.1) is 0 Å². The average Bonchev–Trinajstić information content (AvgIpc) is 3.00. The highest BCUT2D eigenvalue weighted by molar-refractivity contribution is 5.62. The Hall–Kier alpha value is -3.02. The predicted molar refractivity (Wildman–Crippen MR) is 76.7 cm³/mol. The highest BCUT2D eigenvalue weighted by Crippen LogP contribution is 2.29. The van der Waals surface area contributed by atoms with E-state index in [-0.39, 0.29) is 11.5 Å². The van der Waals surface area contributed by atoms with Crippen LogP contribution in [0.1, 0.15) is 0 Å². The van der Waals surface area contributed by atoms with E-state index in [1.54, 1.807) is 19.4 Å². The molecule has 6 nitrogen and oxygen atoms in total. The first-order chi connectivity index (χ1) is 10.2. The molecule has 0 radical (unpaired) electrons. The lowest BCUT2D eigenvalue weighted by atomic mass is 10.1. The van der Waals surface area contributed by atoms with E-state index >= 15 is 0 Å². The molecule has 106 valence electrons. The number of aromatic nitrogens is 3. The summed E-state index contributed by atoms with van der Waals surface area (Å²) < 4.78 is 5.10. The van der Waals surface area contributed by atoms with Gasteiger partial charge in [0.2, 0.25) is 0 Å². The van der Waals surface area contributed by atoms with Crippen molar-refractivity contribution >= 4 is 0 Å². The molecule has 0 spiro atoms. The number of hydrogen-bond acceptors (Lipinski definition) is 5. The number of phenols is 2. The topological polar surface area (TPSA) is 80.4 Å². The predicted octanol–water partition coefficient (Wildman–Crippen LogP) is 2.35. The second-order valence-corrected chi connectivity index (χ2v) is 4.42. The van der Waals surface area contributed by atoms with Gasteiger partial charge in [0.25, 0.3) is 0 Å². The first-order valence-corrected chi connectivity index (χ1v) is 6.26. The number of ether oxygens (including phenoxy) is 1. The Morgan fingerprint density at radius 2 is 1.76 bits per heavy atom. The molecule has 0 saturated heterocycles. The van der Waals surface area contributed by atoms with Gasteiger partial charge in [0.15, 0.2) is 11.5 Å². The third kappa shape index (κ3) is 2.51. The molecule has 6 heteroatoms. The molecule has 21 heavy (non-hydrogen) atoms. The number of aromatic hydroxyl groups is 2. The monoisotopic (exact) mass is 283 g/mol. The molecule has 3 aromatic rings. The van der Waals surface area contributed by atoms with Crippen LogP contribution in [-0.2, 0) is 0 Å². The molecule has 0 aliphatic carbocycles. The molecule has 0 aliphatic heterocycles. The van der Waals surface area contributed by atoms with Gasteiger partial charge < -0.3 is 14.9 Å². The summed E-state index contributed by atoms with van der Waals surface area (Å²) in [5.41, 5.74) is 2.07. The van der Waals surface area contributed by atoms with E-state index in [1.165, 1.54) is 16.9 Å². The van der Waals surface area contributed by atoms with Crippen LogP contribution in [0.25, 0.3) is 16.9 Å². The number of hydrogen-bond donors (Lipinski definition) is 2. The summed E-state index contributed by atoms with van der Waals surface area (Å²) in [5.74, 6) is 0.405. The second kappa shape index (κ2) is 5.16. The van der Waals surface area contributed by atoms with E-state index in [0.29, 0.717) is 11.3 Å². The van der Waals surface area contributed by atoms with Crippen LogP contribution in [-0.4, -0.2) is 32.3 Å². The van der Waals surface area contributed by atoms with E-state index in [4.69, 9.17) is 4.74 Å². The Labute approximate surface area is 120 Å². The minimum absolute atomic E-state index is 0.165. The molecule has 0 saturated carbocycles.